The molecule has 0 atom stereocenters. The van der Waals surface area contributed by atoms with Gasteiger partial charge in [0.15, 0.2) is 5.69 Å². The molecule has 0 aliphatic rings. The maximum absolute atomic E-state index is 13.4. The van der Waals surface area contributed by atoms with Crippen LogP contribution in [-0.4, -0.2) is 19.9 Å². The predicted molar refractivity (Wildman–Crippen MR) is 93.5 cm³/mol. The molecular formula is C18H10ClFN4O2. The standard InChI is InChI=1S/C18H10ClFN4O2/c19-12-4-1-3-11(9-12)17-21-18(26-23-17)16-15(25)7-8-24(22-16)14-6-2-5-13(20)10-14/h1-10H. The molecule has 2 aromatic heterocycles. The van der Waals surface area contributed by atoms with Gasteiger partial charge in [-0.25, -0.2) is 9.07 Å². The van der Waals surface area contributed by atoms with Crippen LogP contribution >= 0.6 is 11.6 Å². The molecule has 0 unspecified atom stereocenters. The molecule has 0 saturated carbocycles. The van der Waals surface area contributed by atoms with Crippen LogP contribution in [0.4, 0.5) is 4.39 Å². The summed E-state index contributed by atoms with van der Waals surface area (Å²) in [6, 6.07) is 14.1. The van der Waals surface area contributed by atoms with Crippen molar-refractivity contribution in [3.63, 3.8) is 0 Å². The SMILES string of the molecule is O=c1ccn(-c2cccc(F)c2)nc1-c1nc(-c2cccc(Cl)c2)no1. The van der Waals surface area contributed by atoms with Crippen LogP contribution in [0.25, 0.3) is 28.7 Å². The van der Waals surface area contributed by atoms with Crippen molar-refractivity contribution in [2.45, 2.75) is 0 Å². The van der Waals surface area contributed by atoms with Crippen molar-refractivity contribution in [1.29, 1.82) is 0 Å². The highest BCUT2D eigenvalue weighted by Crippen LogP contribution is 2.22. The molecule has 0 amide bonds. The lowest BCUT2D eigenvalue weighted by Crippen LogP contribution is -2.12. The molecule has 0 aliphatic heterocycles. The van der Waals surface area contributed by atoms with Crippen LogP contribution in [0.5, 0.6) is 0 Å². The van der Waals surface area contributed by atoms with E-state index in [9.17, 15) is 9.18 Å². The quantitative estimate of drug-likeness (QED) is 0.550. The lowest BCUT2D eigenvalue weighted by molar-refractivity contribution is 0.429. The van der Waals surface area contributed by atoms with Crippen molar-refractivity contribution in [3.05, 3.63) is 81.9 Å². The van der Waals surface area contributed by atoms with Crippen LogP contribution in [0.1, 0.15) is 0 Å². The minimum Gasteiger partial charge on any atom is -0.332 e. The molecule has 4 rings (SSSR count). The minimum absolute atomic E-state index is 0.0301. The number of nitrogens with zero attached hydrogens (tertiary/aromatic N) is 4. The third kappa shape index (κ3) is 3.12. The van der Waals surface area contributed by atoms with Gasteiger partial charge in [-0.1, -0.05) is 35.0 Å². The van der Waals surface area contributed by atoms with E-state index in [1.165, 1.54) is 29.1 Å². The summed E-state index contributed by atoms with van der Waals surface area (Å²) < 4.78 is 20.0. The average Bonchev–Trinajstić information content (AvgIpc) is 3.12. The van der Waals surface area contributed by atoms with Crippen LogP contribution in [0.3, 0.4) is 0 Å². The van der Waals surface area contributed by atoms with E-state index in [0.717, 1.165) is 0 Å². The number of halogens is 2. The number of hydrogen-bond acceptors (Lipinski definition) is 5. The fraction of sp³-hybridized carbons (Fsp3) is 0. The van der Waals surface area contributed by atoms with Crippen LogP contribution in [-0.2, 0) is 0 Å². The fourth-order valence-corrected chi connectivity index (χ4v) is 2.57. The molecule has 2 heterocycles. The summed E-state index contributed by atoms with van der Waals surface area (Å²) in [7, 11) is 0. The summed E-state index contributed by atoms with van der Waals surface area (Å²) in [6.07, 6.45) is 1.44. The van der Waals surface area contributed by atoms with Crippen molar-refractivity contribution in [1.82, 2.24) is 19.9 Å². The first-order valence-electron chi connectivity index (χ1n) is 7.56. The van der Waals surface area contributed by atoms with Gasteiger partial charge in [-0.2, -0.15) is 10.1 Å². The van der Waals surface area contributed by atoms with Crippen LogP contribution in [0.2, 0.25) is 5.02 Å². The Kier molecular flexibility index (Phi) is 4.06. The molecule has 0 N–H and O–H groups in total. The Labute approximate surface area is 151 Å². The fourth-order valence-electron chi connectivity index (χ4n) is 2.38. The monoisotopic (exact) mass is 368 g/mol. The van der Waals surface area contributed by atoms with Crippen LogP contribution in [0, 0.1) is 5.82 Å². The molecule has 0 fully saturated rings. The number of benzene rings is 2. The Morgan fingerprint density at radius 1 is 1.08 bits per heavy atom. The van der Waals surface area contributed by atoms with Crippen molar-refractivity contribution >= 4 is 11.6 Å². The highest BCUT2D eigenvalue weighted by atomic mass is 35.5. The van der Waals surface area contributed by atoms with Crippen molar-refractivity contribution in [3.8, 4) is 28.7 Å². The Morgan fingerprint density at radius 3 is 2.73 bits per heavy atom. The second-order valence-corrected chi connectivity index (χ2v) is 5.82. The Hall–Kier alpha value is -3.32. The van der Waals surface area contributed by atoms with E-state index in [0.29, 0.717) is 16.3 Å². The lowest BCUT2D eigenvalue weighted by Gasteiger charge is -2.05. The first kappa shape index (κ1) is 16.2. The maximum Gasteiger partial charge on any atom is 0.282 e. The van der Waals surface area contributed by atoms with Crippen LogP contribution < -0.4 is 5.43 Å². The zero-order valence-electron chi connectivity index (χ0n) is 13.1. The highest BCUT2D eigenvalue weighted by Gasteiger charge is 2.16. The third-order valence-electron chi connectivity index (χ3n) is 3.59. The molecule has 26 heavy (non-hydrogen) atoms. The van der Waals surface area contributed by atoms with Crippen molar-refractivity contribution in [2.75, 3.05) is 0 Å². The van der Waals surface area contributed by atoms with E-state index in [1.54, 1.807) is 36.4 Å². The zero-order chi connectivity index (χ0) is 18.1. The van der Waals surface area contributed by atoms with E-state index >= 15 is 0 Å². The summed E-state index contributed by atoms with van der Waals surface area (Å²) in [5, 5.41) is 8.59. The van der Waals surface area contributed by atoms with Gasteiger partial charge in [-0.15, -0.1) is 0 Å². The largest absolute Gasteiger partial charge is 0.332 e. The van der Waals surface area contributed by atoms with Gasteiger partial charge in [-0.3, -0.25) is 4.79 Å². The molecule has 8 heteroatoms. The molecule has 0 aliphatic carbocycles. The average molecular weight is 369 g/mol. The van der Waals surface area contributed by atoms with E-state index in [4.69, 9.17) is 16.1 Å². The van der Waals surface area contributed by atoms with Gasteiger partial charge >= 0.3 is 0 Å². The summed E-state index contributed by atoms with van der Waals surface area (Å²) in [5.41, 5.74) is 0.686. The predicted octanol–water partition coefficient (Wildman–Crippen LogP) is 3.74. The second kappa shape index (κ2) is 6.53. The van der Waals surface area contributed by atoms with E-state index in [2.05, 4.69) is 15.2 Å². The number of hydrogen-bond donors (Lipinski definition) is 0. The summed E-state index contributed by atoms with van der Waals surface area (Å²) >= 11 is 5.96. The summed E-state index contributed by atoms with van der Waals surface area (Å²) in [6.45, 7) is 0. The first-order chi connectivity index (χ1) is 12.6. The molecule has 2 aromatic carbocycles. The molecular weight excluding hydrogens is 359 g/mol. The van der Waals surface area contributed by atoms with Crippen molar-refractivity contribution in [2.24, 2.45) is 0 Å². The molecule has 4 aromatic rings. The zero-order valence-corrected chi connectivity index (χ0v) is 13.9. The summed E-state index contributed by atoms with van der Waals surface area (Å²) in [5.74, 6) is -0.161. The number of aromatic nitrogens is 4. The van der Waals surface area contributed by atoms with E-state index in [1.807, 2.05) is 0 Å². The number of rotatable bonds is 3. The first-order valence-corrected chi connectivity index (χ1v) is 7.94. The Balaban J connectivity index is 1.77. The van der Waals surface area contributed by atoms with Gasteiger partial charge in [0, 0.05) is 22.8 Å². The Bertz CT molecular complexity index is 1160. The van der Waals surface area contributed by atoms with Gasteiger partial charge in [-0.05, 0) is 30.3 Å². The topological polar surface area (TPSA) is 73.8 Å². The van der Waals surface area contributed by atoms with Gasteiger partial charge < -0.3 is 4.52 Å². The third-order valence-corrected chi connectivity index (χ3v) is 3.83. The molecule has 0 spiro atoms. The minimum atomic E-state index is -0.411. The smallest absolute Gasteiger partial charge is 0.282 e. The van der Waals surface area contributed by atoms with E-state index in [-0.39, 0.29) is 22.8 Å². The van der Waals surface area contributed by atoms with Gasteiger partial charge in [0.2, 0.25) is 11.3 Å². The van der Waals surface area contributed by atoms with Crippen LogP contribution in [0.15, 0.2) is 70.1 Å². The molecule has 0 saturated heterocycles. The highest BCUT2D eigenvalue weighted by molar-refractivity contribution is 6.30. The van der Waals surface area contributed by atoms with Gasteiger partial charge in [0.1, 0.15) is 5.82 Å². The molecule has 6 nitrogen and oxygen atoms in total. The Morgan fingerprint density at radius 2 is 1.92 bits per heavy atom. The molecule has 0 bridgehead atoms. The molecule has 0 radical (unpaired) electrons. The molecule has 128 valence electrons. The van der Waals surface area contributed by atoms with Gasteiger partial charge in [0.25, 0.3) is 5.89 Å². The van der Waals surface area contributed by atoms with E-state index < -0.39 is 5.82 Å². The maximum atomic E-state index is 13.4. The normalized spacial score (nSPS) is 10.8. The lowest BCUT2D eigenvalue weighted by atomic mass is 10.2. The summed E-state index contributed by atoms with van der Waals surface area (Å²) in [4.78, 5) is 16.4. The van der Waals surface area contributed by atoms with Crippen molar-refractivity contribution < 1.29 is 8.91 Å². The van der Waals surface area contributed by atoms with Gasteiger partial charge in [0.05, 0.1) is 5.69 Å². The second-order valence-electron chi connectivity index (χ2n) is 5.39.